The molecule has 0 aliphatic rings. The lowest BCUT2D eigenvalue weighted by atomic mass is 10.1. The van der Waals surface area contributed by atoms with Gasteiger partial charge in [0.2, 0.25) is 0 Å². The molecule has 0 bridgehead atoms. The van der Waals surface area contributed by atoms with Crippen molar-refractivity contribution in [1.82, 2.24) is 4.98 Å². The van der Waals surface area contributed by atoms with E-state index in [2.05, 4.69) is 10.3 Å². The molecule has 126 valence electrons. The number of aromatic nitrogens is 1. The second-order valence-corrected chi connectivity index (χ2v) is 6.72. The molecule has 1 N–H and O–H groups in total. The first-order valence-electron chi connectivity index (χ1n) is 7.94. The van der Waals surface area contributed by atoms with Crippen LogP contribution in [0.25, 0.3) is 0 Å². The van der Waals surface area contributed by atoms with Crippen LogP contribution in [0.3, 0.4) is 0 Å². The molecule has 0 aliphatic heterocycles. The number of carbonyl (C=O) groups excluding carboxylic acids is 2. The number of amides is 1. The van der Waals surface area contributed by atoms with Crippen LogP contribution >= 0.6 is 11.3 Å². The zero-order valence-corrected chi connectivity index (χ0v) is 14.9. The number of Topliss-reactive ketones (excluding diaryl/α,β-unsaturated/α-hetero) is 1. The minimum atomic E-state index is -0.196. The maximum Gasteiger partial charge on any atom is 0.257 e. The highest BCUT2D eigenvalue weighted by Gasteiger charge is 2.12. The highest BCUT2D eigenvalue weighted by Crippen LogP contribution is 2.19. The quantitative estimate of drug-likeness (QED) is 0.692. The minimum absolute atomic E-state index is 0.0120. The molecule has 0 radical (unpaired) electrons. The normalized spacial score (nSPS) is 10.5. The summed E-state index contributed by atoms with van der Waals surface area (Å²) in [6.45, 7) is 3.98. The van der Waals surface area contributed by atoms with E-state index >= 15 is 0 Å². The number of nitrogens with one attached hydrogen (secondary N) is 1. The minimum Gasteiger partial charge on any atom is -0.298 e. The first-order valence-corrected chi connectivity index (χ1v) is 8.82. The van der Waals surface area contributed by atoms with Crippen LogP contribution in [0.5, 0.6) is 0 Å². The van der Waals surface area contributed by atoms with Crippen molar-refractivity contribution in [1.29, 1.82) is 0 Å². The Hall–Kier alpha value is -2.79. The molecular formula is C20H18N2O2S. The third-order valence-electron chi connectivity index (χ3n) is 3.98. The zero-order valence-electron chi connectivity index (χ0n) is 14.1. The Morgan fingerprint density at radius 1 is 1.00 bits per heavy atom. The summed E-state index contributed by atoms with van der Waals surface area (Å²) in [5.41, 5.74) is 4.14. The Bertz CT molecular complexity index is 916. The molecule has 2 aromatic carbocycles. The molecule has 0 saturated heterocycles. The summed E-state index contributed by atoms with van der Waals surface area (Å²) in [7, 11) is 0. The molecule has 0 fully saturated rings. The van der Waals surface area contributed by atoms with E-state index in [9.17, 15) is 9.59 Å². The van der Waals surface area contributed by atoms with Gasteiger partial charge in [0.1, 0.15) is 0 Å². The van der Waals surface area contributed by atoms with Crippen LogP contribution in [0.2, 0.25) is 0 Å². The Balaban J connectivity index is 1.66. The van der Waals surface area contributed by atoms with E-state index in [1.165, 1.54) is 11.3 Å². The van der Waals surface area contributed by atoms with E-state index in [-0.39, 0.29) is 18.1 Å². The molecule has 4 nitrogen and oxygen atoms in total. The summed E-state index contributed by atoms with van der Waals surface area (Å²) in [5, 5.41) is 5.10. The average Bonchev–Trinajstić information content (AvgIpc) is 3.04. The topological polar surface area (TPSA) is 59.1 Å². The summed E-state index contributed by atoms with van der Waals surface area (Å²) in [6.07, 6.45) is 0.222. The molecule has 1 heterocycles. The highest BCUT2D eigenvalue weighted by atomic mass is 32.1. The lowest BCUT2D eigenvalue weighted by Crippen LogP contribution is -2.12. The van der Waals surface area contributed by atoms with Crippen molar-refractivity contribution in [2.24, 2.45) is 0 Å². The Kier molecular flexibility index (Phi) is 5.05. The van der Waals surface area contributed by atoms with Crippen LogP contribution in [0.1, 0.15) is 37.5 Å². The molecule has 1 amide bonds. The van der Waals surface area contributed by atoms with E-state index in [0.29, 0.717) is 22.0 Å². The van der Waals surface area contributed by atoms with Crippen molar-refractivity contribution in [2.45, 2.75) is 20.3 Å². The van der Waals surface area contributed by atoms with Gasteiger partial charge in [-0.1, -0.05) is 36.4 Å². The van der Waals surface area contributed by atoms with Crippen molar-refractivity contribution < 1.29 is 9.59 Å². The number of aryl methyl sites for hydroxylation is 2. The van der Waals surface area contributed by atoms with Gasteiger partial charge in [0, 0.05) is 16.5 Å². The van der Waals surface area contributed by atoms with Gasteiger partial charge in [-0.2, -0.15) is 0 Å². The molecular weight excluding hydrogens is 332 g/mol. The van der Waals surface area contributed by atoms with Gasteiger partial charge >= 0.3 is 0 Å². The summed E-state index contributed by atoms with van der Waals surface area (Å²) in [5.74, 6) is -0.184. The van der Waals surface area contributed by atoms with Crippen molar-refractivity contribution in [3.05, 3.63) is 81.9 Å². The van der Waals surface area contributed by atoms with E-state index in [4.69, 9.17) is 0 Å². The van der Waals surface area contributed by atoms with Crippen molar-refractivity contribution >= 4 is 28.2 Å². The van der Waals surface area contributed by atoms with Crippen molar-refractivity contribution in [3.63, 3.8) is 0 Å². The maximum absolute atomic E-state index is 12.3. The van der Waals surface area contributed by atoms with E-state index < -0.39 is 0 Å². The largest absolute Gasteiger partial charge is 0.298 e. The third-order valence-corrected chi connectivity index (χ3v) is 4.79. The van der Waals surface area contributed by atoms with Gasteiger partial charge < -0.3 is 0 Å². The number of benzene rings is 2. The number of hydrogen-bond acceptors (Lipinski definition) is 4. The number of ketones is 1. The number of thiazole rings is 1. The van der Waals surface area contributed by atoms with Crippen LogP contribution < -0.4 is 5.32 Å². The van der Waals surface area contributed by atoms with Gasteiger partial charge in [0.15, 0.2) is 10.9 Å². The molecule has 3 aromatic rings. The first-order chi connectivity index (χ1) is 12.0. The van der Waals surface area contributed by atoms with E-state index in [1.807, 2.05) is 44.2 Å². The standard InChI is InChI=1S/C20H18N2O2S/c1-13-8-9-16(10-14(13)2)19(24)22-20-21-17(12-25-20)11-18(23)15-6-4-3-5-7-15/h3-10,12H,11H2,1-2H3,(H,21,22,24). The Labute approximate surface area is 150 Å². The molecule has 25 heavy (non-hydrogen) atoms. The molecule has 0 atom stereocenters. The highest BCUT2D eigenvalue weighted by molar-refractivity contribution is 7.14. The van der Waals surface area contributed by atoms with Gasteiger partial charge in [-0.3, -0.25) is 14.9 Å². The van der Waals surface area contributed by atoms with Gasteiger partial charge in [0.25, 0.3) is 5.91 Å². The Morgan fingerprint density at radius 2 is 1.76 bits per heavy atom. The molecule has 0 aliphatic carbocycles. The predicted molar refractivity (Wildman–Crippen MR) is 100 cm³/mol. The lowest BCUT2D eigenvalue weighted by Gasteiger charge is -2.05. The second-order valence-electron chi connectivity index (χ2n) is 5.86. The molecule has 3 rings (SSSR count). The maximum atomic E-state index is 12.3. The van der Waals surface area contributed by atoms with Crippen LogP contribution in [-0.2, 0) is 6.42 Å². The molecule has 1 aromatic heterocycles. The number of rotatable bonds is 5. The summed E-state index contributed by atoms with van der Waals surface area (Å²) >= 11 is 1.32. The smallest absolute Gasteiger partial charge is 0.257 e. The fourth-order valence-electron chi connectivity index (χ4n) is 2.39. The van der Waals surface area contributed by atoms with Crippen molar-refractivity contribution in [3.8, 4) is 0 Å². The zero-order chi connectivity index (χ0) is 17.8. The van der Waals surface area contributed by atoms with Crippen LogP contribution in [-0.4, -0.2) is 16.7 Å². The number of carbonyl (C=O) groups is 2. The predicted octanol–water partition coefficient (Wildman–Crippen LogP) is 4.44. The van der Waals surface area contributed by atoms with Gasteiger partial charge in [-0.25, -0.2) is 4.98 Å². The van der Waals surface area contributed by atoms with Gasteiger partial charge in [0.05, 0.1) is 12.1 Å². The van der Waals surface area contributed by atoms with Gasteiger partial charge in [-0.05, 0) is 37.1 Å². The number of hydrogen-bond donors (Lipinski definition) is 1. The number of anilines is 1. The van der Waals surface area contributed by atoms with Crippen LogP contribution in [0, 0.1) is 13.8 Å². The summed E-state index contributed by atoms with van der Waals surface area (Å²) < 4.78 is 0. The van der Waals surface area contributed by atoms with E-state index in [0.717, 1.165) is 11.1 Å². The molecule has 0 spiro atoms. The van der Waals surface area contributed by atoms with Gasteiger partial charge in [-0.15, -0.1) is 11.3 Å². The van der Waals surface area contributed by atoms with Crippen LogP contribution in [0.4, 0.5) is 5.13 Å². The summed E-state index contributed by atoms with van der Waals surface area (Å²) in [4.78, 5) is 28.9. The monoisotopic (exact) mass is 350 g/mol. The third kappa shape index (κ3) is 4.19. The molecule has 0 saturated carbocycles. The SMILES string of the molecule is Cc1ccc(C(=O)Nc2nc(CC(=O)c3ccccc3)cs2)cc1C. The number of nitrogens with zero attached hydrogens (tertiary/aromatic N) is 1. The first kappa shape index (κ1) is 17.0. The lowest BCUT2D eigenvalue weighted by molar-refractivity contribution is 0.0990. The summed E-state index contributed by atoms with van der Waals surface area (Å²) in [6, 6.07) is 14.7. The second kappa shape index (κ2) is 7.40. The average molecular weight is 350 g/mol. The Morgan fingerprint density at radius 3 is 2.48 bits per heavy atom. The molecule has 5 heteroatoms. The van der Waals surface area contributed by atoms with E-state index in [1.54, 1.807) is 23.6 Å². The fourth-order valence-corrected chi connectivity index (χ4v) is 3.09. The molecule has 0 unspecified atom stereocenters. The van der Waals surface area contributed by atoms with Crippen LogP contribution in [0.15, 0.2) is 53.9 Å². The van der Waals surface area contributed by atoms with Crippen molar-refractivity contribution in [2.75, 3.05) is 5.32 Å². The fraction of sp³-hybridized carbons (Fsp3) is 0.150.